The van der Waals surface area contributed by atoms with Gasteiger partial charge in [0.25, 0.3) is 0 Å². The molecule has 6 rings (SSSR count). The van der Waals surface area contributed by atoms with Gasteiger partial charge in [0.15, 0.2) is 5.13 Å². The van der Waals surface area contributed by atoms with Crippen molar-refractivity contribution in [1.29, 1.82) is 0 Å². The number of aromatic nitrogens is 3. The maximum absolute atomic E-state index is 13.4. The lowest BCUT2D eigenvalue weighted by molar-refractivity contribution is -0.123. The van der Waals surface area contributed by atoms with Crippen molar-refractivity contribution in [3.8, 4) is 0 Å². The molecule has 2 fully saturated rings. The van der Waals surface area contributed by atoms with E-state index in [1.807, 2.05) is 24.3 Å². The number of halogens is 1. The molecule has 2 N–H and O–H groups in total. The summed E-state index contributed by atoms with van der Waals surface area (Å²) >= 11 is 1.50. The van der Waals surface area contributed by atoms with Crippen LogP contribution in [-0.2, 0) is 4.79 Å². The zero-order valence-corrected chi connectivity index (χ0v) is 17.0. The van der Waals surface area contributed by atoms with Crippen molar-refractivity contribution in [3.63, 3.8) is 0 Å². The first-order valence-electron chi connectivity index (χ1n) is 10.2. The predicted molar refractivity (Wildman–Crippen MR) is 115 cm³/mol. The number of nitrogens with zero attached hydrogens (tertiary/aromatic N) is 3. The first-order chi connectivity index (χ1) is 14.6. The van der Waals surface area contributed by atoms with Gasteiger partial charge in [0.2, 0.25) is 5.91 Å². The number of hydrogen-bond donors (Lipinski definition) is 2. The van der Waals surface area contributed by atoms with Crippen LogP contribution in [0.25, 0.3) is 21.3 Å². The summed E-state index contributed by atoms with van der Waals surface area (Å²) in [6, 6.07) is 12.7. The SMILES string of the molecule is O=C(N[C@@H]1CCN(c2nc3ccc(F)cc3s2)C1)[C@H]1C[C@@H]1c1nc2ccccc2[nH]1. The molecule has 0 bridgehead atoms. The van der Waals surface area contributed by atoms with Crippen LogP contribution in [0.3, 0.4) is 0 Å². The molecule has 2 aromatic carbocycles. The highest BCUT2D eigenvalue weighted by molar-refractivity contribution is 7.22. The van der Waals surface area contributed by atoms with Gasteiger partial charge in [-0.2, -0.15) is 0 Å². The molecule has 0 spiro atoms. The topological polar surface area (TPSA) is 73.9 Å². The monoisotopic (exact) mass is 421 g/mol. The Morgan fingerprint density at radius 2 is 2.10 bits per heavy atom. The third-order valence-corrected chi connectivity index (χ3v) is 7.11. The highest BCUT2D eigenvalue weighted by atomic mass is 32.1. The van der Waals surface area contributed by atoms with Crippen LogP contribution in [0.1, 0.15) is 24.6 Å². The molecular formula is C22H20FN5OS. The van der Waals surface area contributed by atoms with Crippen molar-refractivity contribution < 1.29 is 9.18 Å². The Kier molecular flexibility index (Phi) is 4.02. The molecule has 1 amide bonds. The number of imidazole rings is 1. The van der Waals surface area contributed by atoms with Crippen molar-refractivity contribution >= 4 is 43.6 Å². The summed E-state index contributed by atoms with van der Waals surface area (Å²) in [6.45, 7) is 1.57. The third kappa shape index (κ3) is 3.11. The number of benzene rings is 2. The Hall–Kier alpha value is -3.00. The standard InChI is InChI=1S/C22H20FN5OS/c23-12-5-6-18-19(9-12)30-22(27-18)28-8-7-13(11-28)24-21(29)15-10-14(15)20-25-16-3-1-2-4-17(16)26-20/h1-6,9,13-15H,7-8,10-11H2,(H,24,29)(H,25,26)/t13-,14+,15+/m1/s1. The van der Waals surface area contributed by atoms with Gasteiger partial charge < -0.3 is 15.2 Å². The molecule has 3 heterocycles. The second-order valence-corrected chi connectivity index (χ2v) is 9.15. The number of carbonyl (C=O) groups is 1. The van der Waals surface area contributed by atoms with E-state index in [9.17, 15) is 9.18 Å². The minimum absolute atomic E-state index is 0.00922. The number of amides is 1. The van der Waals surface area contributed by atoms with Crippen molar-refractivity contribution in [2.45, 2.75) is 24.8 Å². The van der Waals surface area contributed by atoms with E-state index in [1.165, 1.54) is 23.5 Å². The number of rotatable bonds is 4. The van der Waals surface area contributed by atoms with Gasteiger partial charge in [-0.15, -0.1) is 0 Å². The fraction of sp³-hybridized carbons (Fsp3) is 0.318. The molecule has 30 heavy (non-hydrogen) atoms. The molecular weight excluding hydrogens is 401 g/mol. The van der Waals surface area contributed by atoms with E-state index in [0.29, 0.717) is 0 Å². The Balaban J connectivity index is 1.09. The van der Waals surface area contributed by atoms with Gasteiger partial charge in [-0.3, -0.25) is 4.79 Å². The van der Waals surface area contributed by atoms with Crippen LogP contribution < -0.4 is 10.2 Å². The van der Waals surface area contributed by atoms with E-state index in [0.717, 1.165) is 58.1 Å². The summed E-state index contributed by atoms with van der Waals surface area (Å²) < 4.78 is 14.3. The van der Waals surface area contributed by atoms with E-state index < -0.39 is 0 Å². The molecule has 1 saturated carbocycles. The van der Waals surface area contributed by atoms with E-state index >= 15 is 0 Å². The fourth-order valence-electron chi connectivity index (χ4n) is 4.32. The van der Waals surface area contributed by atoms with Crippen molar-refractivity contribution in [3.05, 3.63) is 54.1 Å². The molecule has 3 atom stereocenters. The van der Waals surface area contributed by atoms with Crippen LogP contribution in [0.2, 0.25) is 0 Å². The van der Waals surface area contributed by atoms with Gasteiger partial charge in [-0.25, -0.2) is 14.4 Å². The zero-order valence-electron chi connectivity index (χ0n) is 16.1. The molecule has 2 aromatic heterocycles. The molecule has 1 aliphatic carbocycles. The summed E-state index contributed by atoms with van der Waals surface area (Å²) in [5.74, 6) is 0.941. The van der Waals surface area contributed by atoms with Crippen molar-refractivity contribution in [2.24, 2.45) is 5.92 Å². The number of carbonyl (C=O) groups excluding carboxylic acids is 1. The van der Waals surface area contributed by atoms with Crippen LogP contribution >= 0.6 is 11.3 Å². The first-order valence-corrected chi connectivity index (χ1v) is 11.0. The number of anilines is 1. The molecule has 152 valence electrons. The van der Waals surface area contributed by atoms with Gasteiger partial charge in [0.1, 0.15) is 11.6 Å². The summed E-state index contributed by atoms with van der Waals surface area (Å²) in [5.41, 5.74) is 2.77. The van der Waals surface area contributed by atoms with Crippen LogP contribution in [0.15, 0.2) is 42.5 Å². The first kappa shape index (κ1) is 17.8. The lowest BCUT2D eigenvalue weighted by Gasteiger charge is -2.15. The number of para-hydroxylation sites is 2. The molecule has 1 aliphatic heterocycles. The molecule has 0 radical (unpaired) electrons. The number of thiazole rings is 1. The highest BCUT2D eigenvalue weighted by Crippen LogP contribution is 2.47. The quantitative estimate of drug-likeness (QED) is 0.526. The van der Waals surface area contributed by atoms with Crippen molar-refractivity contribution in [1.82, 2.24) is 20.3 Å². The second-order valence-electron chi connectivity index (χ2n) is 8.14. The normalized spacial score (nSPS) is 23.4. The van der Waals surface area contributed by atoms with Crippen LogP contribution in [0, 0.1) is 11.7 Å². The van der Waals surface area contributed by atoms with Gasteiger partial charge in [0, 0.05) is 31.0 Å². The van der Waals surface area contributed by atoms with E-state index in [4.69, 9.17) is 0 Å². The number of H-pyrrole nitrogens is 1. The van der Waals surface area contributed by atoms with Crippen LogP contribution in [-0.4, -0.2) is 40.0 Å². The maximum Gasteiger partial charge on any atom is 0.224 e. The summed E-state index contributed by atoms with van der Waals surface area (Å²) in [7, 11) is 0. The molecule has 0 unspecified atom stereocenters. The molecule has 6 nitrogen and oxygen atoms in total. The van der Waals surface area contributed by atoms with Crippen molar-refractivity contribution in [2.75, 3.05) is 18.0 Å². The molecule has 8 heteroatoms. The van der Waals surface area contributed by atoms with E-state index in [-0.39, 0.29) is 29.6 Å². The number of fused-ring (bicyclic) bond motifs is 2. The summed E-state index contributed by atoms with van der Waals surface area (Å²) in [6.07, 6.45) is 1.73. The van der Waals surface area contributed by atoms with Crippen LogP contribution in [0.5, 0.6) is 0 Å². The maximum atomic E-state index is 13.4. The zero-order chi connectivity index (χ0) is 20.2. The number of nitrogens with one attached hydrogen (secondary N) is 2. The van der Waals surface area contributed by atoms with Gasteiger partial charge in [-0.1, -0.05) is 23.5 Å². The Bertz CT molecular complexity index is 1230. The molecule has 4 aromatic rings. The Labute approximate surface area is 176 Å². The van der Waals surface area contributed by atoms with Gasteiger partial charge >= 0.3 is 0 Å². The van der Waals surface area contributed by atoms with E-state index in [1.54, 1.807) is 6.07 Å². The average molecular weight is 422 g/mol. The van der Waals surface area contributed by atoms with E-state index in [2.05, 4.69) is 25.2 Å². The molecule has 1 saturated heterocycles. The molecule has 2 aliphatic rings. The fourth-order valence-corrected chi connectivity index (χ4v) is 5.34. The number of hydrogen-bond acceptors (Lipinski definition) is 5. The highest BCUT2D eigenvalue weighted by Gasteiger charge is 2.46. The van der Waals surface area contributed by atoms with Crippen LogP contribution in [0.4, 0.5) is 9.52 Å². The largest absolute Gasteiger partial charge is 0.351 e. The smallest absolute Gasteiger partial charge is 0.224 e. The average Bonchev–Trinajstić information content (AvgIpc) is 3.06. The Morgan fingerprint density at radius 3 is 3.00 bits per heavy atom. The lowest BCUT2D eigenvalue weighted by Crippen LogP contribution is -2.38. The van der Waals surface area contributed by atoms with Gasteiger partial charge in [0.05, 0.1) is 21.3 Å². The second kappa shape index (κ2) is 6.77. The van der Waals surface area contributed by atoms with Gasteiger partial charge in [-0.05, 0) is 43.2 Å². The third-order valence-electron chi connectivity index (χ3n) is 6.03. The Morgan fingerprint density at radius 1 is 1.20 bits per heavy atom. The minimum Gasteiger partial charge on any atom is -0.351 e. The summed E-state index contributed by atoms with van der Waals surface area (Å²) in [4.78, 5) is 27.5. The summed E-state index contributed by atoms with van der Waals surface area (Å²) in [5, 5.41) is 4.10. The predicted octanol–water partition coefficient (Wildman–Crippen LogP) is 3.81. The lowest BCUT2D eigenvalue weighted by atomic mass is 10.2. The number of aromatic amines is 1. The minimum atomic E-state index is -0.243.